The number of fused-ring (bicyclic) bond motifs is 2. The first-order chi connectivity index (χ1) is 12.3. The molecule has 5 rings (SSSR count). The zero-order chi connectivity index (χ0) is 18.3. The highest BCUT2D eigenvalue weighted by Crippen LogP contribution is 2.71. The molecule has 4 fully saturated rings. The van der Waals surface area contributed by atoms with E-state index in [4.69, 9.17) is 13.9 Å². The molecule has 2 saturated heterocycles. The number of carbonyl (C=O) groups is 1. The third kappa shape index (κ3) is 1.86. The standard InChI is InChI=1S/C20H25IO5/c1-11-7-15(22)20-10-25-16(18(20,2)21)4-3-14(20)19(11)8-13(26-17(19)23)12-5-6-24-9-12/h5-6,9,11,13-16,22H,3-4,7-8,10H2,1-2H3/t11-,13+,14-,15+,16-,18+,19-,20+/m1/s1. The molecule has 0 radical (unpaired) electrons. The summed E-state index contributed by atoms with van der Waals surface area (Å²) < 4.78 is 17.1. The Kier molecular flexibility index (Phi) is 3.68. The second-order valence-electron chi connectivity index (χ2n) is 8.89. The molecule has 8 atom stereocenters. The van der Waals surface area contributed by atoms with Gasteiger partial charge in [-0.1, -0.05) is 29.5 Å². The molecular formula is C20H25IO5. The maximum Gasteiger partial charge on any atom is 0.313 e. The van der Waals surface area contributed by atoms with Crippen LogP contribution in [-0.2, 0) is 14.3 Å². The zero-order valence-electron chi connectivity index (χ0n) is 15.1. The first kappa shape index (κ1) is 17.5. The van der Waals surface area contributed by atoms with E-state index in [1.807, 2.05) is 6.07 Å². The number of halogens is 1. The van der Waals surface area contributed by atoms with E-state index in [1.165, 1.54) is 0 Å². The fraction of sp³-hybridized carbons (Fsp3) is 0.750. The third-order valence-corrected chi connectivity index (χ3v) is 9.82. The van der Waals surface area contributed by atoms with Crippen molar-refractivity contribution in [2.45, 2.75) is 61.3 Å². The molecule has 5 nitrogen and oxygen atoms in total. The van der Waals surface area contributed by atoms with Crippen LogP contribution >= 0.6 is 22.6 Å². The number of cyclic esters (lactones) is 1. The second kappa shape index (κ2) is 5.47. The maximum atomic E-state index is 13.3. The summed E-state index contributed by atoms with van der Waals surface area (Å²) in [5, 5.41) is 11.2. The van der Waals surface area contributed by atoms with E-state index in [2.05, 4.69) is 36.4 Å². The number of ether oxygens (including phenoxy) is 2. The fourth-order valence-corrected chi connectivity index (χ4v) is 8.06. The van der Waals surface area contributed by atoms with Crippen LogP contribution < -0.4 is 0 Å². The average molecular weight is 472 g/mol. The van der Waals surface area contributed by atoms with Crippen LogP contribution in [-0.4, -0.2) is 33.3 Å². The number of hydrogen-bond acceptors (Lipinski definition) is 5. The first-order valence-corrected chi connectivity index (χ1v) is 10.6. The minimum absolute atomic E-state index is 0.0822. The molecule has 2 aliphatic carbocycles. The molecule has 1 aromatic heterocycles. The van der Waals surface area contributed by atoms with Crippen molar-refractivity contribution in [3.8, 4) is 0 Å². The van der Waals surface area contributed by atoms with Gasteiger partial charge in [0.2, 0.25) is 0 Å². The van der Waals surface area contributed by atoms with Crippen LogP contribution in [0.25, 0.3) is 0 Å². The van der Waals surface area contributed by atoms with Crippen LogP contribution in [0.3, 0.4) is 0 Å². The van der Waals surface area contributed by atoms with Crippen molar-refractivity contribution in [2.75, 3.05) is 6.61 Å². The minimum atomic E-state index is -0.549. The van der Waals surface area contributed by atoms with Gasteiger partial charge in [0.05, 0.1) is 40.2 Å². The van der Waals surface area contributed by atoms with Crippen LogP contribution in [0.4, 0.5) is 0 Å². The van der Waals surface area contributed by atoms with E-state index in [1.54, 1.807) is 12.5 Å². The Labute approximate surface area is 166 Å². The van der Waals surface area contributed by atoms with Crippen LogP contribution in [0.1, 0.15) is 51.2 Å². The molecule has 1 aromatic rings. The predicted octanol–water partition coefficient (Wildman–Crippen LogP) is 3.64. The normalized spacial score (nSPS) is 52.9. The summed E-state index contributed by atoms with van der Waals surface area (Å²) >= 11 is 2.49. The Morgan fingerprint density at radius 2 is 2.15 bits per heavy atom. The summed E-state index contributed by atoms with van der Waals surface area (Å²) in [5.41, 5.74) is -0.00396. The van der Waals surface area contributed by atoms with E-state index < -0.39 is 11.5 Å². The number of rotatable bonds is 1. The summed E-state index contributed by atoms with van der Waals surface area (Å²) in [6.45, 7) is 4.86. The van der Waals surface area contributed by atoms with Gasteiger partial charge in [0.1, 0.15) is 6.10 Å². The number of carbonyl (C=O) groups excluding carboxylic acids is 1. The average Bonchev–Trinajstić information content (AvgIpc) is 3.23. The molecule has 3 heterocycles. The largest absolute Gasteiger partial charge is 0.472 e. The van der Waals surface area contributed by atoms with Crippen molar-refractivity contribution >= 4 is 28.6 Å². The Morgan fingerprint density at radius 1 is 1.35 bits per heavy atom. The van der Waals surface area contributed by atoms with Gasteiger partial charge in [-0.15, -0.1) is 0 Å². The fourth-order valence-electron chi connectivity index (χ4n) is 6.68. The summed E-state index contributed by atoms with van der Waals surface area (Å²) in [6, 6.07) is 1.88. The van der Waals surface area contributed by atoms with Gasteiger partial charge in [0, 0.05) is 17.4 Å². The van der Waals surface area contributed by atoms with Crippen molar-refractivity contribution in [1.29, 1.82) is 0 Å². The molecular weight excluding hydrogens is 447 g/mol. The molecule has 0 unspecified atom stereocenters. The van der Waals surface area contributed by atoms with Crippen LogP contribution in [0, 0.1) is 22.7 Å². The lowest BCUT2D eigenvalue weighted by Crippen LogP contribution is -2.67. The molecule has 2 saturated carbocycles. The lowest BCUT2D eigenvalue weighted by atomic mass is 9.43. The smallest absolute Gasteiger partial charge is 0.313 e. The Bertz CT molecular complexity index is 731. The number of alkyl halides is 1. The first-order valence-electron chi connectivity index (χ1n) is 9.56. The molecule has 0 amide bonds. The van der Waals surface area contributed by atoms with E-state index in [0.717, 1.165) is 18.4 Å². The summed E-state index contributed by atoms with van der Waals surface area (Å²) in [7, 11) is 0. The summed E-state index contributed by atoms with van der Waals surface area (Å²) in [5.74, 6) is 0.0747. The second-order valence-corrected chi connectivity index (χ2v) is 11.1. The van der Waals surface area contributed by atoms with Crippen molar-refractivity contribution in [2.24, 2.45) is 22.7 Å². The molecule has 26 heavy (non-hydrogen) atoms. The van der Waals surface area contributed by atoms with Gasteiger partial charge in [-0.25, -0.2) is 0 Å². The molecule has 6 heteroatoms. The Morgan fingerprint density at radius 3 is 2.88 bits per heavy atom. The predicted molar refractivity (Wildman–Crippen MR) is 102 cm³/mol. The highest BCUT2D eigenvalue weighted by molar-refractivity contribution is 14.1. The maximum absolute atomic E-state index is 13.3. The van der Waals surface area contributed by atoms with Crippen LogP contribution in [0.15, 0.2) is 23.0 Å². The quantitative estimate of drug-likeness (QED) is 0.384. The molecule has 4 aliphatic rings. The van der Waals surface area contributed by atoms with E-state index in [0.29, 0.717) is 19.4 Å². The Balaban J connectivity index is 1.62. The monoisotopic (exact) mass is 472 g/mol. The summed E-state index contributed by atoms with van der Waals surface area (Å²) in [6.07, 6.45) is 5.91. The van der Waals surface area contributed by atoms with E-state index in [9.17, 15) is 9.90 Å². The molecule has 142 valence electrons. The van der Waals surface area contributed by atoms with Gasteiger partial charge >= 0.3 is 5.97 Å². The van der Waals surface area contributed by atoms with E-state index in [-0.39, 0.29) is 38.8 Å². The number of furan rings is 1. The number of aliphatic hydroxyl groups excluding tert-OH is 1. The Hall–Kier alpha value is -0.600. The van der Waals surface area contributed by atoms with Gasteiger partial charge < -0.3 is 19.0 Å². The molecule has 1 N–H and O–H groups in total. The number of hydrogen-bond donors (Lipinski definition) is 1. The minimum Gasteiger partial charge on any atom is -0.472 e. The molecule has 2 spiro atoms. The number of esters is 1. The third-order valence-electron chi connectivity index (χ3n) is 8.12. The van der Waals surface area contributed by atoms with Crippen molar-refractivity contribution in [3.05, 3.63) is 24.2 Å². The SMILES string of the molecule is C[C@@H]1C[C@H](O)[C@]23CO[C@H](CC[C@@H]2[C@@]12C[C@@H](c1ccoc1)OC2=O)[C@]3(C)I. The van der Waals surface area contributed by atoms with Crippen LogP contribution in [0.5, 0.6) is 0 Å². The van der Waals surface area contributed by atoms with Gasteiger partial charge in [-0.2, -0.15) is 0 Å². The van der Waals surface area contributed by atoms with Crippen LogP contribution in [0.2, 0.25) is 0 Å². The van der Waals surface area contributed by atoms with Gasteiger partial charge in [0.15, 0.2) is 0 Å². The lowest BCUT2D eigenvalue weighted by Gasteiger charge is -2.61. The van der Waals surface area contributed by atoms with Crippen molar-refractivity contribution in [1.82, 2.24) is 0 Å². The van der Waals surface area contributed by atoms with Gasteiger partial charge in [0.25, 0.3) is 0 Å². The topological polar surface area (TPSA) is 68.9 Å². The van der Waals surface area contributed by atoms with Crippen molar-refractivity contribution < 1.29 is 23.8 Å². The summed E-state index contributed by atoms with van der Waals surface area (Å²) in [4.78, 5) is 13.3. The zero-order valence-corrected chi connectivity index (χ0v) is 17.3. The highest BCUT2D eigenvalue weighted by Gasteiger charge is 2.76. The van der Waals surface area contributed by atoms with E-state index >= 15 is 0 Å². The van der Waals surface area contributed by atoms with Gasteiger partial charge in [-0.3, -0.25) is 4.79 Å². The highest BCUT2D eigenvalue weighted by atomic mass is 127. The van der Waals surface area contributed by atoms with Crippen molar-refractivity contribution in [3.63, 3.8) is 0 Å². The van der Waals surface area contributed by atoms with Gasteiger partial charge in [-0.05, 0) is 44.1 Å². The number of aliphatic hydroxyl groups is 1. The molecule has 0 aromatic carbocycles. The molecule has 2 bridgehead atoms. The molecule has 2 aliphatic heterocycles. The lowest BCUT2D eigenvalue weighted by molar-refractivity contribution is -0.181.